The molecule has 11 nitrogen and oxygen atoms in total. The summed E-state index contributed by atoms with van der Waals surface area (Å²) in [4.78, 5) is 44.5. The van der Waals surface area contributed by atoms with E-state index in [0.29, 0.717) is 74.1 Å². The number of ether oxygens (including phenoxy) is 3. The Kier molecular flexibility index (Phi) is 10.0. The molecule has 1 aromatic rings. The highest BCUT2D eigenvalue weighted by Crippen LogP contribution is 2.38. The Labute approximate surface area is 218 Å². The Morgan fingerprint density at radius 3 is 2.41 bits per heavy atom. The molecule has 2 aliphatic rings. The van der Waals surface area contributed by atoms with Gasteiger partial charge in [-0.3, -0.25) is 9.80 Å². The molecule has 0 aliphatic carbocycles. The molecule has 2 heterocycles. The molecule has 0 aromatic heterocycles. The van der Waals surface area contributed by atoms with Gasteiger partial charge < -0.3 is 29.7 Å². The maximum Gasteiger partial charge on any atom is 0.338 e. The van der Waals surface area contributed by atoms with E-state index >= 15 is 0 Å². The van der Waals surface area contributed by atoms with Crippen LogP contribution in [0.3, 0.4) is 0 Å². The molecule has 0 radical (unpaired) electrons. The van der Waals surface area contributed by atoms with E-state index in [4.69, 9.17) is 14.2 Å². The van der Waals surface area contributed by atoms with Crippen molar-refractivity contribution < 1.29 is 28.6 Å². The maximum absolute atomic E-state index is 13.4. The van der Waals surface area contributed by atoms with Crippen molar-refractivity contribution in [3.8, 4) is 11.5 Å². The summed E-state index contributed by atoms with van der Waals surface area (Å²) in [5.74, 6) is 0.595. The molecule has 0 bridgehead atoms. The molecule has 1 fully saturated rings. The van der Waals surface area contributed by atoms with E-state index in [1.165, 1.54) is 0 Å². The van der Waals surface area contributed by atoms with Crippen molar-refractivity contribution >= 4 is 18.0 Å². The van der Waals surface area contributed by atoms with E-state index in [1.54, 1.807) is 49.1 Å². The SMILES string of the molecule is CCCNC(=O)N1CCN(CC2=C(C(=O)OCC)[C@@H](c3cc(OC)ccc3OC)NC(=O)N2CC)CC1. The summed E-state index contributed by atoms with van der Waals surface area (Å²) in [5.41, 5.74) is 1.55. The summed E-state index contributed by atoms with van der Waals surface area (Å²) in [7, 11) is 3.10. The summed E-state index contributed by atoms with van der Waals surface area (Å²) in [6.07, 6.45) is 0.880. The molecule has 2 N–H and O–H groups in total. The quantitative estimate of drug-likeness (QED) is 0.458. The fourth-order valence-corrected chi connectivity index (χ4v) is 4.62. The van der Waals surface area contributed by atoms with Gasteiger partial charge in [-0.15, -0.1) is 0 Å². The number of amides is 4. The van der Waals surface area contributed by atoms with E-state index in [1.807, 2.05) is 13.8 Å². The summed E-state index contributed by atoms with van der Waals surface area (Å²) >= 11 is 0. The van der Waals surface area contributed by atoms with Crippen molar-refractivity contribution in [2.24, 2.45) is 0 Å². The van der Waals surface area contributed by atoms with Crippen molar-refractivity contribution in [3.05, 3.63) is 35.0 Å². The van der Waals surface area contributed by atoms with Crippen molar-refractivity contribution in [1.82, 2.24) is 25.3 Å². The minimum atomic E-state index is -0.782. The first kappa shape index (κ1) is 28.1. The number of carbonyl (C=O) groups excluding carboxylic acids is 3. The monoisotopic (exact) mass is 517 g/mol. The van der Waals surface area contributed by atoms with Crippen LogP contribution >= 0.6 is 0 Å². The lowest BCUT2D eigenvalue weighted by Crippen LogP contribution is -2.55. The van der Waals surface area contributed by atoms with Crippen LogP contribution in [0.25, 0.3) is 0 Å². The number of nitrogens with one attached hydrogen (secondary N) is 2. The lowest BCUT2D eigenvalue weighted by Gasteiger charge is -2.40. The van der Waals surface area contributed by atoms with Gasteiger partial charge in [-0.2, -0.15) is 0 Å². The molecule has 37 heavy (non-hydrogen) atoms. The Morgan fingerprint density at radius 2 is 1.81 bits per heavy atom. The van der Waals surface area contributed by atoms with Gasteiger partial charge in [0.15, 0.2) is 0 Å². The predicted molar refractivity (Wildman–Crippen MR) is 139 cm³/mol. The maximum atomic E-state index is 13.4. The molecule has 4 amide bonds. The van der Waals surface area contributed by atoms with Crippen LogP contribution < -0.4 is 20.1 Å². The van der Waals surface area contributed by atoms with E-state index in [0.717, 1.165) is 6.42 Å². The number of carbonyl (C=O) groups is 3. The van der Waals surface area contributed by atoms with Gasteiger partial charge in [-0.25, -0.2) is 14.4 Å². The molecular formula is C26H39N5O6. The van der Waals surface area contributed by atoms with Crippen LogP contribution in [0.15, 0.2) is 29.5 Å². The number of methoxy groups -OCH3 is 2. The lowest BCUT2D eigenvalue weighted by atomic mass is 9.93. The fraction of sp³-hybridized carbons (Fsp3) is 0.577. The van der Waals surface area contributed by atoms with Crippen LogP contribution in [0.5, 0.6) is 11.5 Å². The van der Waals surface area contributed by atoms with E-state index < -0.39 is 12.0 Å². The van der Waals surface area contributed by atoms with Crippen LogP contribution in [0.1, 0.15) is 38.8 Å². The van der Waals surface area contributed by atoms with Gasteiger partial charge in [-0.05, 0) is 38.5 Å². The minimum Gasteiger partial charge on any atom is -0.497 e. The van der Waals surface area contributed by atoms with Gasteiger partial charge in [0.05, 0.1) is 32.4 Å². The molecule has 1 aromatic carbocycles. The Morgan fingerprint density at radius 1 is 1.08 bits per heavy atom. The van der Waals surface area contributed by atoms with E-state index in [9.17, 15) is 14.4 Å². The number of nitrogens with zero attached hydrogens (tertiary/aromatic N) is 3. The van der Waals surface area contributed by atoms with E-state index in [-0.39, 0.29) is 18.7 Å². The third-order valence-electron chi connectivity index (χ3n) is 6.56. The minimum absolute atomic E-state index is 0.0645. The van der Waals surface area contributed by atoms with Crippen molar-refractivity contribution in [2.75, 3.05) is 66.6 Å². The number of likely N-dealkylation sites (N-methyl/N-ethyl adjacent to an activating group) is 1. The second-order valence-corrected chi connectivity index (χ2v) is 8.81. The van der Waals surface area contributed by atoms with Crippen LogP contribution in [0.4, 0.5) is 9.59 Å². The van der Waals surface area contributed by atoms with E-state index in [2.05, 4.69) is 15.5 Å². The van der Waals surface area contributed by atoms with Gasteiger partial charge >= 0.3 is 18.0 Å². The van der Waals surface area contributed by atoms with Gasteiger partial charge in [0.2, 0.25) is 0 Å². The van der Waals surface area contributed by atoms with Crippen LogP contribution in [0.2, 0.25) is 0 Å². The zero-order valence-electron chi connectivity index (χ0n) is 22.5. The van der Waals surface area contributed by atoms with Crippen LogP contribution in [0, 0.1) is 0 Å². The average Bonchev–Trinajstić information content (AvgIpc) is 2.91. The molecule has 1 atom stereocenters. The highest BCUT2D eigenvalue weighted by Gasteiger charge is 2.40. The normalized spacial score (nSPS) is 18.4. The summed E-state index contributed by atoms with van der Waals surface area (Å²) < 4.78 is 16.4. The standard InChI is InChI=1S/C26H39N5O6/c1-6-11-27-25(33)30-14-12-29(13-15-30)17-20-22(24(32)37-8-3)23(28-26(34)31(20)7-2)19-16-18(35-4)9-10-21(19)36-5/h9-10,16,23H,6-8,11-15,17H2,1-5H3,(H,27,33)(H,28,34)/t23-/m1/s1. The molecule has 0 saturated carbocycles. The first-order valence-electron chi connectivity index (χ1n) is 12.8. The van der Waals surface area contributed by atoms with Gasteiger partial charge in [0, 0.05) is 57.1 Å². The summed E-state index contributed by atoms with van der Waals surface area (Å²) in [5, 5.41) is 5.89. The Balaban J connectivity index is 1.98. The van der Waals surface area contributed by atoms with Gasteiger partial charge in [0.25, 0.3) is 0 Å². The molecule has 0 unspecified atom stereocenters. The first-order chi connectivity index (χ1) is 17.9. The fourth-order valence-electron chi connectivity index (χ4n) is 4.62. The Hall–Kier alpha value is -3.47. The topological polar surface area (TPSA) is 113 Å². The van der Waals surface area contributed by atoms with Crippen molar-refractivity contribution in [3.63, 3.8) is 0 Å². The highest BCUT2D eigenvalue weighted by atomic mass is 16.5. The zero-order chi connectivity index (χ0) is 26.9. The summed E-state index contributed by atoms with van der Waals surface area (Å²) in [6.45, 7) is 9.57. The van der Waals surface area contributed by atoms with Crippen LogP contribution in [-0.4, -0.2) is 99.4 Å². The third-order valence-corrected chi connectivity index (χ3v) is 6.56. The van der Waals surface area contributed by atoms with Gasteiger partial charge in [0.1, 0.15) is 11.5 Å². The highest BCUT2D eigenvalue weighted by molar-refractivity contribution is 5.95. The number of rotatable bonds is 10. The largest absolute Gasteiger partial charge is 0.497 e. The lowest BCUT2D eigenvalue weighted by molar-refractivity contribution is -0.139. The molecule has 1 saturated heterocycles. The van der Waals surface area contributed by atoms with Crippen LogP contribution in [-0.2, 0) is 9.53 Å². The second-order valence-electron chi connectivity index (χ2n) is 8.81. The predicted octanol–water partition coefficient (Wildman–Crippen LogP) is 2.34. The number of urea groups is 2. The number of benzene rings is 1. The Bertz CT molecular complexity index is 1010. The third kappa shape index (κ3) is 6.46. The number of hydrogen-bond donors (Lipinski definition) is 2. The van der Waals surface area contributed by atoms with Crippen molar-refractivity contribution in [2.45, 2.75) is 33.2 Å². The van der Waals surface area contributed by atoms with Gasteiger partial charge in [-0.1, -0.05) is 6.92 Å². The zero-order valence-corrected chi connectivity index (χ0v) is 22.5. The molecule has 3 rings (SSSR count). The summed E-state index contributed by atoms with van der Waals surface area (Å²) in [6, 6.07) is 4.11. The molecule has 2 aliphatic heterocycles. The molecule has 0 spiro atoms. The number of esters is 1. The average molecular weight is 518 g/mol. The smallest absolute Gasteiger partial charge is 0.338 e. The number of hydrogen-bond acceptors (Lipinski definition) is 7. The number of piperazine rings is 1. The molecule has 11 heteroatoms. The van der Waals surface area contributed by atoms with Crippen molar-refractivity contribution in [1.29, 1.82) is 0 Å². The molecule has 204 valence electrons. The second kappa shape index (κ2) is 13.2. The molecular weight excluding hydrogens is 478 g/mol. The first-order valence-corrected chi connectivity index (χ1v) is 12.8.